The highest BCUT2D eigenvalue weighted by atomic mass is 79.9. The Hall–Kier alpha value is -2.91. The maximum absolute atomic E-state index is 13.7. The van der Waals surface area contributed by atoms with Gasteiger partial charge in [0.05, 0.1) is 15.9 Å². The molecule has 1 unspecified atom stereocenters. The van der Waals surface area contributed by atoms with Crippen LogP contribution in [0.3, 0.4) is 0 Å². The van der Waals surface area contributed by atoms with E-state index in [1.54, 1.807) is 12.1 Å². The maximum atomic E-state index is 13.7. The molecule has 3 N–H and O–H groups in total. The fourth-order valence-electron chi connectivity index (χ4n) is 4.26. The molecule has 0 radical (unpaired) electrons. The van der Waals surface area contributed by atoms with Gasteiger partial charge in [-0.2, -0.15) is 18.3 Å². The molecule has 2 amide bonds. The largest absolute Gasteiger partial charge is 0.436 e. The van der Waals surface area contributed by atoms with Crippen molar-refractivity contribution >= 4 is 66.3 Å². The molecule has 0 aromatic carbocycles. The normalized spacial score (nSPS) is 14.8. The number of rotatable bonds is 7. The standard InChI is InChI=1S/C24H19BrF5N5O2S2/c1-8-3-6-13(38-8)11-7-12(20(26)27)32-23-14(11)16(18(39-23)21(31)36)33-22(37)9(2)35-17(10-4-5-10)15(25)19(34-35)24(28,29)30/h3,6-7,9-10,20H,4-5H2,1-2H3,(H2,31,36)(H,33,37). The number of thiophene rings is 2. The molecule has 1 aliphatic rings. The molecule has 0 aliphatic heterocycles. The number of nitrogens with zero attached hydrogens (tertiary/aromatic N) is 3. The van der Waals surface area contributed by atoms with E-state index in [-0.39, 0.29) is 36.9 Å². The van der Waals surface area contributed by atoms with E-state index >= 15 is 0 Å². The van der Waals surface area contributed by atoms with Crippen LogP contribution < -0.4 is 11.1 Å². The molecular formula is C24H19BrF5N5O2S2. The SMILES string of the molecule is Cc1ccc(-c2cc(C(F)F)nc3sc(C(N)=O)c(NC(=O)C(C)n4nc(C(F)(F)F)c(Br)c4C4CC4)c23)s1. The molecule has 4 aromatic heterocycles. The van der Waals surface area contributed by atoms with Gasteiger partial charge in [0.2, 0.25) is 5.91 Å². The van der Waals surface area contributed by atoms with Gasteiger partial charge in [-0.1, -0.05) is 0 Å². The molecule has 5 rings (SSSR count). The molecule has 39 heavy (non-hydrogen) atoms. The van der Waals surface area contributed by atoms with Crippen LogP contribution in [0.15, 0.2) is 22.7 Å². The Labute approximate surface area is 234 Å². The lowest BCUT2D eigenvalue weighted by Gasteiger charge is -2.17. The second kappa shape index (κ2) is 9.93. The molecule has 4 heterocycles. The molecule has 206 valence electrons. The van der Waals surface area contributed by atoms with Crippen LogP contribution in [0.25, 0.3) is 20.7 Å². The van der Waals surface area contributed by atoms with Gasteiger partial charge in [-0.05, 0) is 60.8 Å². The first-order valence-corrected chi connectivity index (χ1v) is 14.0. The number of anilines is 1. The lowest BCUT2D eigenvalue weighted by molar-refractivity contribution is -0.142. The minimum absolute atomic E-state index is 0.0380. The molecule has 1 atom stereocenters. The van der Waals surface area contributed by atoms with Crippen LogP contribution in [0.5, 0.6) is 0 Å². The number of carbonyl (C=O) groups excluding carboxylic acids is 2. The first-order chi connectivity index (χ1) is 18.3. The third kappa shape index (κ3) is 5.07. The minimum atomic E-state index is -4.74. The predicted octanol–water partition coefficient (Wildman–Crippen LogP) is 7.42. The molecule has 15 heteroatoms. The number of fused-ring (bicyclic) bond motifs is 1. The summed E-state index contributed by atoms with van der Waals surface area (Å²) in [6.07, 6.45) is -6.33. The van der Waals surface area contributed by atoms with Gasteiger partial charge < -0.3 is 11.1 Å². The van der Waals surface area contributed by atoms with Crippen molar-refractivity contribution < 1.29 is 31.5 Å². The Morgan fingerprint density at radius 3 is 2.46 bits per heavy atom. The zero-order valence-electron chi connectivity index (χ0n) is 20.2. The minimum Gasteiger partial charge on any atom is -0.365 e. The van der Waals surface area contributed by atoms with Gasteiger partial charge in [-0.3, -0.25) is 14.3 Å². The number of pyridine rings is 1. The van der Waals surface area contributed by atoms with E-state index in [1.807, 2.05) is 6.92 Å². The smallest absolute Gasteiger partial charge is 0.365 e. The third-order valence-corrected chi connectivity index (χ3v) is 9.16. The molecule has 0 spiro atoms. The molecule has 1 saturated carbocycles. The first-order valence-electron chi connectivity index (χ1n) is 11.6. The number of primary amides is 1. The summed E-state index contributed by atoms with van der Waals surface area (Å²) in [6, 6.07) is 3.50. The van der Waals surface area contributed by atoms with E-state index in [9.17, 15) is 31.5 Å². The Morgan fingerprint density at radius 2 is 1.92 bits per heavy atom. The number of aryl methyl sites for hydroxylation is 1. The van der Waals surface area contributed by atoms with Crippen LogP contribution in [0.2, 0.25) is 0 Å². The second-order valence-corrected chi connectivity index (χ2v) is 12.2. The number of hydrogen-bond acceptors (Lipinski definition) is 6. The molecule has 0 bridgehead atoms. The van der Waals surface area contributed by atoms with Crippen LogP contribution in [0.4, 0.5) is 27.6 Å². The Balaban J connectivity index is 1.63. The number of amides is 2. The average molecular weight is 648 g/mol. The van der Waals surface area contributed by atoms with Gasteiger partial charge in [0.1, 0.15) is 21.4 Å². The monoisotopic (exact) mass is 647 g/mol. The van der Waals surface area contributed by atoms with Crippen molar-refractivity contribution in [2.45, 2.75) is 51.3 Å². The van der Waals surface area contributed by atoms with Crippen molar-refractivity contribution in [3.05, 3.63) is 49.5 Å². The average Bonchev–Trinajstić information content (AvgIpc) is 3.32. The quantitative estimate of drug-likeness (QED) is 0.204. The number of halogens is 6. The van der Waals surface area contributed by atoms with Crippen LogP contribution in [0.1, 0.15) is 69.8 Å². The van der Waals surface area contributed by atoms with Crippen LogP contribution in [-0.4, -0.2) is 26.6 Å². The topological polar surface area (TPSA) is 103 Å². The van der Waals surface area contributed by atoms with E-state index in [0.29, 0.717) is 23.3 Å². The first kappa shape index (κ1) is 27.6. The summed E-state index contributed by atoms with van der Waals surface area (Å²) in [7, 11) is 0. The Morgan fingerprint density at radius 1 is 1.23 bits per heavy atom. The summed E-state index contributed by atoms with van der Waals surface area (Å²) in [6.45, 7) is 3.22. The lowest BCUT2D eigenvalue weighted by atomic mass is 10.1. The van der Waals surface area contributed by atoms with Gasteiger partial charge in [-0.25, -0.2) is 13.8 Å². The van der Waals surface area contributed by atoms with Crippen LogP contribution >= 0.6 is 38.6 Å². The fourth-order valence-corrected chi connectivity index (χ4v) is 6.97. The van der Waals surface area contributed by atoms with Crippen molar-refractivity contribution in [2.24, 2.45) is 5.73 Å². The van der Waals surface area contributed by atoms with E-state index in [1.165, 1.54) is 24.3 Å². The van der Waals surface area contributed by atoms with Gasteiger partial charge >= 0.3 is 6.18 Å². The summed E-state index contributed by atoms with van der Waals surface area (Å²) in [5.74, 6) is -1.88. The van der Waals surface area contributed by atoms with Crippen molar-refractivity contribution in [1.29, 1.82) is 0 Å². The van der Waals surface area contributed by atoms with E-state index in [2.05, 4.69) is 31.3 Å². The fraction of sp³-hybridized carbons (Fsp3) is 0.333. The molecule has 1 fully saturated rings. The summed E-state index contributed by atoms with van der Waals surface area (Å²) >= 11 is 5.08. The predicted molar refractivity (Wildman–Crippen MR) is 141 cm³/mol. The summed E-state index contributed by atoms with van der Waals surface area (Å²) in [5.41, 5.74) is 4.46. The van der Waals surface area contributed by atoms with Crippen LogP contribution in [0, 0.1) is 6.92 Å². The van der Waals surface area contributed by atoms with Crippen molar-refractivity contribution in [3.63, 3.8) is 0 Å². The zero-order chi connectivity index (χ0) is 28.4. The zero-order valence-corrected chi connectivity index (χ0v) is 23.4. The number of nitrogens with two attached hydrogens (primary N) is 1. The summed E-state index contributed by atoms with van der Waals surface area (Å²) in [5, 5.41) is 6.57. The van der Waals surface area contributed by atoms with E-state index in [4.69, 9.17) is 5.73 Å². The van der Waals surface area contributed by atoms with E-state index in [0.717, 1.165) is 20.9 Å². The number of hydrogen-bond donors (Lipinski definition) is 2. The Kier molecular flexibility index (Phi) is 7.04. The highest BCUT2D eigenvalue weighted by molar-refractivity contribution is 9.10. The van der Waals surface area contributed by atoms with Crippen LogP contribution in [-0.2, 0) is 11.0 Å². The van der Waals surface area contributed by atoms with Crippen molar-refractivity contribution in [3.8, 4) is 10.4 Å². The molecule has 1 aliphatic carbocycles. The summed E-state index contributed by atoms with van der Waals surface area (Å²) < 4.78 is 69.0. The number of aromatic nitrogens is 3. The molecular weight excluding hydrogens is 629 g/mol. The highest BCUT2D eigenvalue weighted by Crippen LogP contribution is 2.48. The lowest BCUT2D eigenvalue weighted by Crippen LogP contribution is -2.27. The van der Waals surface area contributed by atoms with Gasteiger partial charge in [-0.15, -0.1) is 22.7 Å². The van der Waals surface area contributed by atoms with Crippen molar-refractivity contribution in [1.82, 2.24) is 14.8 Å². The number of carbonyl (C=O) groups is 2. The van der Waals surface area contributed by atoms with Gasteiger partial charge in [0.15, 0.2) is 5.69 Å². The molecule has 0 saturated heterocycles. The number of alkyl halides is 5. The molecule has 4 aromatic rings. The summed E-state index contributed by atoms with van der Waals surface area (Å²) in [4.78, 5) is 31.2. The highest BCUT2D eigenvalue weighted by Gasteiger charge is 2.43. The van der Waals surface area contributed by atoms with E-state index < -0.39 is 41.8 Å². The maximum Gasteiger partial charge on any atom is 0.436 e. The third-order valence-electron chi connectivity index (χ3n) is 6.25. The van der Waals surface area contributed by atoms with Gasteiger partial charge in [0, 0.05) is 26.6 Å². The van der Waals surface area contributed by atoms with Gasteiger partial charge in [0.25, 0.3) is 12.3 Å². The second-order valence-electron chi connectivity index (χ2n) is 9.09. The molecule has 7 nitrogen and oxygen atoms in total. The Bertz CT molecular complexity index is 1620. The number of nitrogens with one attached hydrogen (secondary N) is 1. The van der Waals surface area contributed by atoms with Crippen molar-refractivity contribution in [2.75, 3.05) is 5.32 Å².